The number of carbonyl (C=O) groups excluding carboxylic acids is 2. The molecule has 6 rings (SSSR count). The van der Waals surface area contributed by atoms with E-state index in [1.165, 1.54) is 45.6 Å². The van der Waals surface area contributed by atoms with E-state index in [4.69, 9.17) is 4.74 Å². The van der Waals surface area contributed by atoms with Crippen LogP contribution in [0, 0.1) is 5.92 Å². The van der Waals surface area contributed by atoms with Crippen LogP contribution in [0.15, 0.2) is 36.4 Å². The Labute approximate surface area is 286 Å². The van der Waals surface area contributed by atoms with Crippen molar-refractivity contribution >= 4 is 27.8 Å². The third-order valence-electron chi connectivity index (χ3n) is 11.1. The number of nitrogens with zero attached hydrogens (tertiary/aromatic N) is 4. The first-order chi connectivity index (χ1) is 22.9. The number of anilines is 1. The highest BCUT2D eigenvalue weighted by Gasteiger charge is 2.49. The lowest BCUT2D eigenvalue weighted by molar-refractivity contribution is 0.0979. The molecule has 3 atom stereocenters. The van der Waals surface area contributed by atoms with Gasteiger partial charge in [-0.1, -0.05) is 32.4 Å². The molecule has 0 saturated carbocycles. The van der Waals surface area contributed by atoms with Gasteiger partial charge in [-0.25, -0.2) is 9.52 Å². The Bertz CT molecular complexity index is 1620. The fourth-order valence-electron chi connectivity index (χ4n) is 8.31. The Balaban J connectivity index is 1.33. The van der Waals surface area contributed by atoms with Crippen molar-refractivity contribution in [1.82, 2.24) is 24.1 Å². The Morgan fingerprint density at radius 1 is 1.04 bits per heavy atom. The molecule has 0 spiro atoms. The molecule has 4 heterocycles. The Morgan fingerprint density at radius 3 is 2.44 bits per heavy atom. The number of hydrogen-bond acceptors (Lipinski definition) is 7. The lowest BCUT2D eigenvalue weighted by Gasteiger charge is -2.43. The van der Waals surface area contributed by atoms with E-state index in [0.717, 1.165) is 72.1 Å². The van der Waals surface area contributed by atoms with Crippen LogP contribution < -0.4 is 19.7 Å². The first-order valence-electron chi connectivity index (χ1n) is 17.6. The van der Waals surface area contributed by atoms with E-state index in [-0.39, 0.29) is 17.6 Å². The summed E-state index contributed by atoms with van der Waals surface area (Å²) in [7, 11) is 0.494. The second-order valence-electron chi connectivity index (χ2n) is 14.4. The highest BCUT2D eigenvalue weighted by atomic mass is 32.2. The van der Waals surface area contributed by atoms with Crippen molar-refractivity contribution in [3.63, 3.8) is 0 Å². The highest BCUT2D eigenvalue weighted by Crippen LogP contribution is 2.52. The zero-order valence-corrected chi connectivity index (χ0v) is 29.9. The zero-order chi connectivity index (χ0) is 34.2. The summed E-state index contributed by atoms with van der Waals surface area (Å²) in [5.74, 6) is 0.521. The summed E-state index contributed by atoms with van der Waals surface area (Å²) < 4.78 is 33.9. The van der Waals surface area contributed by atoms with Gasteiger partial charge in [-0.3, -0.25) is 4.79 Å². The van der Waals surface area contributed by atoms with Crippen molar-refractivity contribution in [2.45, 2.75) is 82.8 Å². The summed E-state index contributed by atoms with van der Waals surface area (Å²) in [6.45, 7) is 8.89. The van der Waals surface area contributed by atoms with Gasteiger partial charge < -0.3 is 24.8 Å². The van der Waals surface area contributed by atoms with Crippen LogP contribution in [0.4, 0.5) is 10.5 Å². The number of rotatable bonds is 9. The van der Waals surface area contributed by atoms with Crippen molar-refractivity contribution in [2.75, 3.05) is 58.8 Å². The molecule has 3 unspecified atom stereocenters. The molecule has 0 aliphatic carbocycles. The van der Waals surface area contributed by atoms with Crippen molar-refractivity contribution in [3.8, 4) is 5.75 Å². The van der Waals surface area contributed by atoms with Gasteiger partial charge in [0.15, 0.2) is 0 Å². The molecule has 0 aromatic heterocycles. The number of piperidine rings is 1. The maximum Gasteiger partial charge on any atom is 0.317 e. The number of ether oxygens (including phenoxy) is 1. The molecule has 3 amide bonds. The Morgan fingerprint density at radius 2 is 1.77 bits per heavy atom. The smallest absolute Gasteiger partial charge is 0.317 e. The Kier molecular flexibility index (Phi) is 9.98. The van der Waals surface area contributed by atoms with Crippen LogP contribution in [0.2, 0.25) is 0 Å². The van der Waals surface area contributed by atoms with Crippen LogP contribution in [0.25, 0.3) is 0 Å². The van der Waals surface area contributed by atoms with Crippen LogP contribution in [0.5, 0.6) is 5.75 Å². The van der Waals surface area contributed by atoms with E-state index in [1.54, 1.807) is 13.2 Å². The summed E-state index contributed by atoms with van der Waals surface area (Å²) >= 11 is 0. The lowest BCUT2D eigenvalue weighted by Crippen LogP contribution is -2.54. The molecule has 0 bridgehead atoms. The maximum atomic E-state index is 13.9. The van der Waals surface area contributed by atoms with Gasteiger partial charge in [-0.05, 0) is 98.5 Å². The molecule has 48 heavy (non-hydrogen) atoms. The molecule has 2 saturated heterocycles. The van der Waals surface area contributed by atoms with Crippen molar-refractivity contribution in [2.24, 2.45) is 5.92 Å². The van der Waals surface area contributed by atoms with Gasteiger partial charge >= 0.3 is 16.2 Å². The second-order valence-corrected chi connectivity index (χ2v) is 16.3. The molecule has 2 aromatic rings. The van der Waals surface area contributed by atoms with Crippen LogP contribution in [-0.4, -0.2) is 100 Å². The molecule has 11 nitrogen and oxygen atoms in total. The van der Waals surface area contributed by atoms with Gasteiger partial charge in [0.05, 0.1) is 18.7 Å². The van der Waals surface area contributed by atoms with Crippen molar-refractivity contribution in [3.05, 3.63) is 58.7 Å². The van der Waals surface area contributed by atoms with Crippen LogP contribution in [0.3, 0.4) is 0 Å². The standard InChI is InChI=1S/C36H52N6O5S/c1-6-25(2)22-36-23-27-10-9-26(34(43)38-48(45,46)39(3)4)21-33(27)42(36)24-29(19-28-20-31(47-5)11-12-32(28)36)37-35(44)41-17-13-30(14-18-41)40-15-7-8-16-40/h9-12,20-21,25,29-30H,6-8,13-19,22-24H2,1-5H3,(H,37,44)(H,38,43). The van der Waals surface area contributed by atoms with E-state index < -0.39 is 21.7 Å². The quantitative estimate of drug-likeness (QED) is 0.410. The zero-order valence-electron chi connectivity index (χ0n) is 29.1. The summed E-state index contributed by atoms with van der Waals surface area (Å²) in [6.07, 6.45) is 7.85. The molecule has 2 N–H and O–H groups in total. The summed E-state index contributed by atoms with van der Waals surface area (Å²) in [5, 5.41) is 3.43. The predicted octanol–water partition coefficient (Wildman–Crippen LogP) is 4.12. The normalized spacial score (nSPS) is 23.7. The van der Waals surface area contributed by atoms with Gasteiger partial charge in [-0.2, -0.15) is 12.7 Å². The van der Waals surface area contributed by atoms with Crippen LogP contribution >= 0.6 is 0 Å². The van der Waals surface area contributed by atoms with E-state index in [2.05, 4.69) is 45.8 Å². The van der Waals surface area contributed by atoms with E-state index in [9.17, 15) is 18.0 Å². The number of amides is 3. The number of benzene rings is 2. The number of hydrogen-bond donors (Lipinski definition) is 2. The lowest BCUT2D eigenvalue weighted by atomic mass is 9.76. The fourth-order valence-corrected chi connectivity index (χ4v) is 8.85. The minimum absolute atomic E-state index is 0.0276. The molecule has 0 radical (unpaired) electrons. The minimum atomic E-state index is -3.95. The van der Waals surface area contributed by atoms with E-state index in [0.29, 0.717) is 24.9 Å². The van der Waals surface area contributed by atoms with Gasteiger partial charge in [0.25, 0.3) is 5.91 Å². The first-order valence-corrected chi connectivity index (χ1v) is 19.0. The van der Waals surface area contributed by atoms with Crippen molar-refractivity contribution in [1.29, 1.82) is 0 Å². The number of carbonyl (C=O) groups is 2. The molecule has 4 aliphatic heterocycles. The second kappa shape index (κ2) is 13.9. The fraction of sp³-hybridized carbons (Fsp3) is 0.611. The summed E-state index contributed by atoms with van der Waals surface area (Å²) in [4.78, 5) is 34.1. The third kappa shape index (κ3) is 6.76. The number of likely N-dealkylation sites (tertiary alicyclic amines) is 2. The molecule has 4 aliphatic rings. The maximum absolute atomic E-state index is 13.9. The molecule has 12 heteroatoms. The van der Waals surface area contributed by atoms with E-state index in [1.807, 2.05) is 23.1 Å². The number of methoxy groups -OCH3 is 1. The number of urea groups is 1. The average molecular weight is 681 g/mol. The highest BCUT2D eigenvalue weighted by molar-refractivity contribution is 7.87. The SMILES string of the molecule is CCC(C)CC12Cc3ccc(C(=O)NS(=O)(=O)N(C)C)cc3N1CC(NC(=O)N1CCC(N3CCCC3)CC1)Cc1cc(OC)ccc12. The largest absolute Gasteiger partial charge is 0.497 e. The van der Waals surface area contributed by atoms with Crippen LogP contribution in [0.1, 0.15) is 79.4 Å². The molecule has 2 fully saturated rings. The Hall–Kier alpha value is -3.35. The van der Waals surface area contributed by atoms with Gasteiger partial charge in [0, 0.05) is 57.4 Å². The summed E-state index contributed by atoms with van der Waals surface area (Å²) in [6, 6.07) is 12.2. The van der Waals surface area contributed by atoms with Crippen LogP contribution in [-0.2, 0) is 28.6 Å². The number of nitrogens with one attached hydrogen (secondary N) is 2. The first kappa shape index (κ1) is 34.5. The molecular weight excluding hydrogens is 629 g/mol. The van der Waals surface area contributed by atoms with Gasteiger partial charge in [-0.15, -0.1) is 0 Å². The topological polar surface area (TPSA) is 115 Å². The molecule has 262 valence electrons. The van der Waals surface area contributed by atoms with Gasteiger partial charge in [0.1, 0.15) is 5.75 Å². The van der Waals surface area contributed by atoms with Crippen molar-refractivity contribution < 1.29 is 22.7 Å². The van der Waals surface area contributed by atoms with Gasteiger partial charge in [0.2, 0.25) is 0 Å². The minimum Gasteiger partial charge on any atom is -0.497 e. The van der Waals surface area contributed by atoms with E-state index >= 15 is 0 Å². The third-order valence-corrected chi connectivity index (χ3v) is 12.5. The predicted molar refractivity (Wildman–Crippen MR) is 188 cm³/mol. The molecular formula is C36H52N6O5S. The monoisotopic (exact) mass is 680 g/mol. The average Bonchev–Trinajstić information content (AvgIpc) is 3.69. The molecule has 2 aromatic carbocycles. The summed E-state index contributed by atoms with van der Waals surface area (Å²) in [5.41, 5.74) is 4.24. The number of fused-ring (bicyclic) bond motifs is 5.